The first-order valence-electron chi connectivity index (χ1n) is 8.32. The Labute approximate surface area is 158 Å². The summed E-state index contributed by atoms with van der Waals surface area (Å²) in [5, 5.41) is 4.94. The fourth-order valence-corrected chi connectivity index (χ4v) is 2.50. The van der Waals surface area contributed by atoms with Gasteiger partial charge >= 0.3 is 17.9 Å². The van der Waals surface area contributed by atoms with Gasteiger partial charge in [-0.15, -0.1) is 0 Å². The molecule has 0 saturated carbocycles. The molecule has 0 aromatic heterocycles. The fraction of sp³-hybridized carbons (Fsp3) is 0.706. The van der Waals surface area contributed by atoms with Crippen molar-refractivity contribution in [3.63, 3.8) is 0 Å². The third-order valence-electron chi connectivity index (χ3n) is 4.02. The number of hydrogen-bond acceptors (Lipinski definition) is 8. The Bertz CT molecular complexity index is 559. The van der Waals surface area contributed by atoms with Crippen LogP contribution in [0.3, 0.4) is 0 Å². The minimum atomic E-state index is -1.46. The van der Waals surface area contributed by atoms with Crippen LogP contribution < -0.4 is 10.6 Å². The molecule has 154 valence electrons. The topological polar surface area (TPSA) is 137 Å². The van der Waals surface area contributed by atoms with E-state index in [0.717, 1.165) is 21.3 Å². The number of nitrogens with one attached hydrogen (secondary N) is 2. The molecule has 10 heteroatoms. The van der Waals surface area contributed by atoms with Gasteiger partial charge in [-0.1, -0.05) is 20.8 Å². The largest absolute Gasteiger partial charge is 0.468 e. The molecular formula is C17H28N2O8. The third-order valence-corrected chi connectivity index (χ3v) is 4.02. The van der Waals surface area contributed by atoms with Crippen LogP contribution in [0.4, 0.5) is 0 Å². The van der Waals surface area contributed by atoms with E-state index in [-0.39, 0.29) is 5.92 Å². The van der Waals surface area contributed by atoms with Crippen LogP contribution in [-0.4, -0.2) is 63.1 Å². The van der Waals surface area contributed by atoms with E-state index < -0.39 is 53.6 Å². The molecule has 0 aromatic rings. The minimum absolute atomic E-state index is 0.278. The lowest BCUT2D eigenvalue weighted by molar-refractivity contribution is -0.163. The first-order valence-corrected chi connectivity index (χ1v) is 8.32. The van der Waals surface area contributed by atoms with E-state index in [1.807, 2.05) is 0 Å². The molecule has 0 aliphatic heterocycles. The highest BCUT2D eigenvalue weighted by Gasteiger charge is 2.43. The van der Waals surface area contributed by atoms with E-state index in [9.17, 15) is 24.0 Å². The second kappa shape index (κ2) is 11.1. The second-order valence-corrected chi connectivity index (χ2v) is 6.31. The van der Waals surface area contributed by atoms with E-state index in [1.54, 1.807) is 13.8 Å². The van der Waals surface area contributed by atoms with E-state index in [1.165, 1.54) is 13.8 Å². The summed E-state index contributed by atoms with van der Waals surface area (Å²) in [6.07, 6.45) is 0. The monoisotopic (exact) mass is 388 g/mol. The molecule has 2 N–H and O–H groups in total. The summed E-state index contributed by atoms with van der Waals surface area (Å²) in [6, 6.07) is -2.27. The molecule has 27 heavy (non-hydrogen) atoms. The molecule has 0 bridgehead atoms. The summed E-state index contributed by atoms with van der Waals surface area (Å²) in [6.45, 7) is 6.09. The van der Waals surface area contributed by atoms with Crippen LogP contribution in [-0.2, 0) is 38.2 Å². The Balaban J connectivity index is 5.73. The average molecular weight is 388 g/mol. The van der Waals surface area contributed by atoms with Gasteiger partial charge in [-0.2, -0.15) is 0 Å². The standard InChI is InChI=1S/C17H28N2O8/c1-8(2)12(18-10(4)20)14(21)19-13(17(24)27-7)9(3)11(15(22)25-5)16(23)26-6/h8-9,11-13H,1-7H3,(H,18,20)(H,19,21)/t9-,12+,13-/m0/s1. The highest BCUT2D eigenvalue weighted by Crippen LogP contribution is 2.21. The molecule has 0 aromatic carbocycles. The van der Waals surface area contributed by atoms with Crippen LogP contribution in [0, 0.1) is 17.8 Å². The summed E-state index contributed by atoms with van der Waals surface area (Å²) in [7, 11) is 3.28. The summed E-state index contributed by atoms with van der Waals surface area (Å²) < 4.78 is 13.9. The van der Waals surface area contributed by atoms with Crippen molar-refractivity contribution in [2.75, 3.05) is 21.3 Å². The molecule has 0 unspecified atom stereocenters. The third kappa shape index (κ3) is 6.87. The average Bonchev–Trinajstić information content (AvgIpc) is 2.62. The summed E-state index contributed by atoms with van der Waals surface area (Å²) in [5.74, 6) is -6.54. The summed E-state index contributed by atoms with van der Waals surface area (Å²) in [4.78, 5) is 60.1. The van der Waals surface area contributed by atoms with Crippen LogP contribution >= 0.6 is 0 Å². The summed E-state index contributed by atoms with van der Waals surface area (Å²) in [5.41, 5.74) is 0. The molecule has 0 saturated heterocycles. The molecular weight excluding hydrogens is 360 g/mol. The van der Waals surface area contributed by atoms with Crippen molar-refractivity contribution in [3.8, 4) is 0 Å². The van der Waals surface area contributed by atoms with Gasteiger partial charge in [0.15, 0.2) is 5.92 Å². The maximum Gasteiger partial charge on any atom is 0.328 e. The van der Waals surface area contributed by atoms with Crippen molar-refractivity contribution in [3.05, 3.63) is 0 Å². The highest BCUT2D eigenvalue weighted by atomic mass is 16.5. The predicted molar refractivity (Wildman–Crippen MR) is 93.1 cm³/mol. The zero-order valence-corrected chi connectivity index (χ0v) is 16.7. The van der Waals surface area contributed by atoms with Gasteiger partial charge in [0, 0.05) is 12.8 Å². The lowest BCUT2D eigenvalue weighted by Crippen LogP contribution is -2.57. The second-order valence-electron chi connectivity index (χ2n) is 6.31. The predicted octanol–water partition coefficient (Wildman–Crippen LogP) is -0.597. The minimum Gasteiger partial charge on any atom is -0.468 e. The normalized spacial score (nSPS) is 14.0. The van der Waals surface area contributed by atoms with Gasteiger partial charge in [0.1, 0.15) is 12.1 Å². The Hall–Kier alpha value is -2.65. The Kier molecular flexibility index (Phi) is 10.1. The number of rotatable bonds is 9. The van der Waals surface area contributed by atoms with Crippen LogP contribution in [0.2, 0.25) is 0 Å². The SMILES string of the molecule is COC(=O)C(C(=O)OC)[C@H](C)[C@H](NC(=O)[C@H](NC(C)=O)C(C)C)C(=O)OC. The Morgan fingerprint density at radius 3 is 1.48 bits per heavy atom. The lowest BCUT2D eigenvalue weighted by Gasteiger charge is -2.29. The smallest absolute Gasteiger partial charge is 0.328 e. The lowest BCUT2D eigenvalue weighted by atomic mass is 9.86. The van der Waals surface area contributed by atoms with Crippen molar-refractivity contribution < 1.29 is 38.2 Å². The van der Waals surface area contributed by atoms with E-state index in [4.69, 9.17) is 0 Å². The molecule has 0 fully saturated rings. The van der Waals surface area contributed by atoms with Crippen LogP contribution in [0.15, 0.2) is 0 Å². The molecule has 0 rings (SSSR count). The zero-order chi connectivity index (χ0) is 21.3. The van der Waals surface area contributed by atoms with Crippen LogP contribution in [0.25, 0.3) is 0 Å². The van der Waals surface area contributed by atoms with Crippen LogP contribution in [0.1, 0.15) is 27.7 Å². The first kappa shape index (κ1) is 24.4. The highest BCUT2D eigenvalue weighted by molar-refractivity contribution is 5.97. The zero-order valence-electron chi connectivity index (χ0n) is 16.7. The number of esters is 3. The van der Waals surface area contributed by atoms with Gasteiger partial charge in [0.25, 0.3) is 0 Å². The van der Waals surface area contributed by atoms with Gasteiger partial charge in [-0.05, 0) is 5.92 Å². The van der Waals surface area contributed by atoms with Crippen molar-refractivity contribution in [2.24, 2.45) is 17.8 Å². The Morgan fingerprint density at radius 1 is 0.704 bits per heavy atom. The molecule has 3 atom stereocenters. The van der Waals surface area contributed by atoms with Crippen molar-refractivity contribution in [1.29, 1.82) is 0 Å². The molecule has 0 spiro atoms. The number of methoxy groups -OCH3 is 3. The van der Waals surface area contributed by atoms with Gasteiger partial charge in [0.2, 0.25) is 11.8 Å². The fourth-order valence-electron chi connectivity index (χ4n) is 2.50. The number of carbonyl (C=O) groups is 5. The van der Waals surface area contributed by atoms with Crippen LogP contribution in [0.5, 0.6) is 0 Å². The first-order chi connectivity index (χ1) is 12.5. The van der Waals surface area contributed by atoms with Crippen molar-refractivity contribution >= 4 is 29.7 Å². The molecule has 0 heterocycles. The number of ether oxygens (including phenoxy) is 3. The van der Waals surface area contributed by atoms with E-state index in [2.05, 4.69) is 24.8 Å². The molecule has 2 amide bonds. The number of amides is 2. The van der Waals surface area contributed by atoms with Gasteiger partial charge in [-0.25, -0.2) is 4.79 Å². The van der Waals surface area contributed by atoms with Gasteiger partial charge in [0.05, 0.1) is 21.3 Å². The Morgan fingerprint density at radius 2 is 1.15 bits per heavy atom. The quantitative estimate of drug-likeness (QED) is 0.304. The molecule has 10 nitrogen and oxygen atoms in total. The number of carbonyl (C=O) groups excluding carboxylic acids is 5. The van der Waals surface area contributed by atoms with E-state index in [0.29, 0.717) is 0 Å². The van der Waals surface area contributed by atoms with E-state index >= 15 is 0 Å². The maximum absolute atomic E-state index is 12.6. The molecule has 0 aliphatic carbocycles. The van der Waals surface area contributed by atoms with Crippen molar-refractivity contribution in [1.82, 2.24) is 10.6 Å². The molecule has 0 radical (unpaired) electrons. The van der Waals surface area contributed by atoms with Crippen molar-refractivity contribution in [2.45, 2.75) is 39.8 Å². The van der Waals surface area contributed by atoms with Gasteiger partial charge < -0.3 is 24.8 Å². The summed E-state index contributed by atoms with van der Waals surface area (Å²) >= 11 is 0. The maximum atomic E-state index is 12.6. The van der Waals surface area contributed by atoms with Gasteiger partial charge in [-0.3, -0.25) is 19.2 Å². The molecule has 0 aliphatic rings. The number of hydrogen-bond donors (Lipinski definition) is 2.